The van der Waals surface area contributed by atoms with E-state index in [1.807, 2.05) is 24.3 Å². The monoisotopic (exact) mass is 322 g/mol. The standard InChI is InChI=1S/C15H15BrO3/c1-19-14-8-5-10-9-11(16)6-7-12(10)13(14)3-2-4-15(17)18/h5-9H,2-4H2,1H3,(H,17,18). The molecule has 0 aliphatic carbocycles. The summed E-state index contributed by atoms with van der Waals surface area (Å²) in [4.78, 5) is 10.6. The van der Waals surface area contributed by atoms with Gasteiger partial charge in [-0.15, -0.1) is 0 Å². The predicted octanol–water partition coefficient (Wildman–Crippen LogP) is 4.02. The maximum Gasteiger partial charge on any atom is 0.303 e. The van der Waals surface area contributed by atoms with E-state index < -0.39 is 5.97 Å². The van der Waals surface area contributed by atoms with Crippen molar-refractivity contribution in [2.24, 2.45) is 0 Å². The van der Waals surface area contributed by atoms with E-state index in [1.54, 1.807) is 7.11 Å². The molecule has 19 heavy (non-hydrogen) atoms. The van der Waals surface area contributed by atoms with E-state index in [1.165, 1.54) is 0 Å². The van der Waals surface area contributed by atoms with E-state index in [0.29, 0.717) is 12.8 Å². The van der Waals surface area contributed by atoms with Crippen LogP contribution in [0.5, 0.6) is 5.75 Å². The van der Waals surface area contributed by atoms with Crippen molar-refractivity contribution in [2.75, 3.05) is 7.11 Å². The topological polar surface area (TPSA) is 46.5 Å². The minimum absolute atomic E-state index is 0.177. The Hall–Kier alpha value is -1.55. The van der Waals surface area contributed by atoms with Gasteiger partial charge in [-0.25, -0.2) is 0 Å². The highest BCUT2D eigenvalue weighted by Gasteiger charge is 2.09. The minimum Gasteiger partial charge on any atom is -0.496 e. The number of benzene rings is 2. The summed E-state index contributed by atoms with van der Waals surface area (Å²) in [6.07, 6.45) is 1.49. The molecule has 100 valence electrons. The summed E-state index contributed by atoms with van der Waals surface area (Å²) in [6.45, 7) is 0. The number of carbonyl (C=O) groups is 1. The Labute approximate surface area is 120 Å². The number of hydrogen-bond donors (Lipinski definition) is 1. The summed E-state index contributed by atoms with van der Waals surface area (Å²) < 4.78 is 6.41. The first-order valence-electron chi connectivity index (χ1n) is 6.08. The number of carboxylic acid groups (broad SMARTS) is 1. The molecule has 0 fully saturated rings. The predicted molar refractivity (Wildman–Crippen MR) is 78.8 cm³/mol. The van der Waals surface area contributed by atoms with Crippen molar-refractivity contribution in [1.29, 1.82) is 0 Å². The molecule has 2 aromatic carbocycles. The first kappa shape index (κ1) is 13.9. The lowest BCUT2D eigenvalue weighted by atomic mass is 9.99. The van der Waals surface area contributed by atoms with E-state index in [9.17, 15) is 4.79 Å². The van der Waals surface area contributed by atoms with Crippen molar-refractivity contribution >= 4 is 32.7 Å². The molecule has 0 aliphatic heterocycles. The van der Waals surface area contributed by atoms with Crippen LogP contribution in [0.15, 0.2) is 34.8 Å². The highest BCUT2D eigenvalue weighted by molar-refractivity contribution is 9.10. The first-order chi connectivity index (χ1) is 9.11. The fourth-order valence-electron chi connectivity index (χ4n) is 2.21. The Kier molecular flexibility index (Phi) is 4.43. The Morgan fingerprint density at radius 2 is 2.11 bits per heavy atom. The van der Waals surface area contributed by atoms with E-state index in [2.05, 4.69) is 22.0 Å². The maximum absolute atomic E-state index is 10.6. The number of ether oxygens (including phenoxy) is 1. The Balaban J connectivity index is 2.39. The van der Waals surface area contributed by atoms with Gasteiger partial charge >= 0.3 is 5.97 Å². The molecular formula is C15H15BrO3. The lowest BCUT2D eigenvalue weighted by Gasteiger charge is -2.12. The van der Waals surface area contributed by atoms with Crippen molar-refractivity contribution in [1.82, 2.24) is 0 Å². The van der Waals surface area contributed by atoms with Gasteiger partial charge in [-0.05, 0) is 41.8 Å². The number of methoxy groups -OCH3 is 1. The quantitative estimate of drug-likeness (QED) is 0.904. The smallest absolute Gasteiger partial charge is 0.303 e. The molecule has 0 spiro atoms. The lowest BCUT2D eigenvalue weighted by molar-refractivity contribution is -0.137. The molecule has 4 heteroatoms. The van der Waals surface area contributed by atoms with Crippen molar-refractivity contribution in [3.63, 3.8) is 0 Å². The van der Waals surface area contributed by atoms with Crippen LogP contribution >= 0.6 is 15.9 Å². The van der Waals surface area contributed by atoms with E-state index in [4.69, 9.17) is 9.84 Å². The molecule has 0 bridgehead atoms. The molecule has 2 aromatic rings. The van der Waals surface area contributed by atoms with Crippen LogP contribution in [-0.4, -0.2) is 18.2 Å². The van der Waals surface area contributed by atoms with Crippen LogP contribution in [0.4, 0.5) is 0 Å². The summed E-state index contributed by atoms with van der Waals surface area (Å²) in [6, 6.07) is 10.0. The molecule has 0 aliphatic rings. The molecule has 3 nitrogen and oxygen atoms in total. The summed E-state index contributed by atoms with van der Waals surface area (Å²) in [5.74, 6) is 0.0576. The Bertz CT molecular complexity index is 608. The molecule has 0 saturated carbocycles. The first-order valence-corrected chi connectivity index (χ1v) is 6.88. The molecule has 0 heterocycles. The third-order valence-corrected chi connectivity index (χ3v) is 3.58. The highest BCUT2D eigenvalue weighted by atomic mass is 79.9. The largest absolute Gasteiger partial charge is 0.496 e. The fourth-order valence-corrected chi connectivity index (χ4v) is 2.59. The summed E-state index contributed by atoms with van der Waals surface area (Å²) >= 11 is 3.46. The van der Waals surface area contributed by atoms with Gasteiger partial charge in [0.1, 0.15) is 5.75 Å². The normalized spacial score (nSPS) is 10.6. The van der Waals surface area contributed by atoms with Gasteiger partial charge in [-0.3, -0.25) is 4.79 Å². The van der Waals surface area contributed by atoms with Crippen molar-refractivity contribution in [3.8, 4) is 5.75 Å². The second-order valence-electron chi connectivity index (χ2n) is 4.36. The minimum atomic E-state index is -0.762. The number of hydrogen-bond acceptors (Lipinski definition) is 2. The van der Waals surface area contributed by atoms with Crippen LogP contribution in [0, 0.1) is 0 Å². The van der Waals surface area contributed by atoms with Gasteiger partial charge in [0, 0.05) is 16.5 Å². The zero-order valence-corrected chi connectivity index (χ0v) is 12.2. The number of fused-ring (bicyclic) bond motifs is 1. The second-order valence-corrected chi connectivity index (χ2v) is 5.27. The third-order valence-electron chi connectivity index (χ3n) is 3.09. The maximum atomic E-state index is 10.6. The van der Waals surface area contributed by atoms with Gasteiger partial charge in [-0.1, -0.05) is 28.1 Å². The zero-order valence-electron chi connectivity index (χ0n) is 10.6. The van der Waals surface area contributed by atoms with Crippen LogP contribution in [0.3, 0.4) is 0 Å². The van der Waals surface area contributed by atoms with E-state index in [0.717, 1.165) is 26.6 Å². The molecule has 1 N–H and O–H groups in total. The molecular weight excluding hydrogens is 308 g/mol. The fraction of sp³-hybridized carbons (Fsp3) is 0.267. The molecule has 0 aromatic heterocycles. The van der Waals surface area contributed by atoms with E-state index in [-0.39, 0.29) is 6.42 Å². The van der Waals surface area contributed by atoms with Crippen LogP contribution in [0.25, 0.3) is 10.8 Å². The number of aliphatic carboxylic acids is 1. The van der Waals surface area contributed by atoms with Crippen LogP contribution in [-0.2, 0) is 11.2 Å². The third kappa shape index (κ3) is 3.26. The lowest BCUT2D eigenvalue weighted by Crippen LogP contribution is -1.98. The summed E-state index contributed by atoms with van der Waals surface area (Å²) in [7, 11) is 1.64. The number of rotatable bonds is 5. The second kappa shape index (κ2) is 6.06. The van der Waals surface area contributed by atoms with Gasteiger partial charge in [0.15, 0.2) is 0 Å². The number of aryl methyl sites for hydroxylation is 1. The van der Waals surface area contributed by atoms with Gasteiger partial charge in [0.25, 0.3) is 0 Å². The molecule has 0 unspecified atom stereocenters. The van der Waals surface area contributed by atoms with Crippen molar-refractivity contribution in [3.05, 3.63) is 40.4 Å². The highest BCUT2D eigenvalue weighted by Crippen LogP contribution is 2.31. The summed E-state index contributed by atoms with van der Waals surface area (Å²) in [5.41, 5.74) is 1.08. The molecule has 0 saturated heterocycles. The van der Waals surface area contributed by atoms with Gasteiger partial charge in [0.05, 0.1) is 7.11 Å². The van der Waals surface area contributed by atoms with E-state index >= 15 is 0 Å². The molecule has 0 amide bonds. The van der Waals surface area contributed by atoms with Crippen molar-refractivity contribution < 1.29 is 14.6 Å². The van der Waals surface area contributed by atoms with Crippen LogP contribution in [0.2, 0.25) is 0 Å². The van der Waals surface area contributed by atoms with Gasteiger partial charge < -0.3 is 9.84 Å². The molecule has 0 radical (unpaired) electrons. The molecule has 2 rings (SSSR count). The van der Waals surface area contributed by atoms with Gasteiger partial charge in [-0.2, -0.15) is 0 Å². The molecule has 0 atom stereocenters. The van der Waals surface area contributed by atoms with Crippen LogP contribution in [0.1, 0.15) is 18.4 Å². The number of halogens is 1. The van der Waals surface area contributed by atoms with Crippen molar-refractivity contribution in [2.45, 2.75) is 19.3 Å². The number of carboxylic acids is 1. The average Bonchev–Trinajstić information content (AvgIpc) is 2.38. The zero-order chi connectivity index (χ0) is 13.8. The average molecular weight is 323 g/mol. The van der Waals surface area contributed by atoms with Gasteiger partial charge in [0.2, 0.25) is 0 Å². The summed E-state index contributed by atoms with van der Waals surface area (Å²) in [5, 5.41) is 11.0. The SMILES string of the molecule is COc1ccc2cc(Br)ccc2c1CCCC(=O)O. The Morgan fingerprint density at radius 1 is 1.32 bits per heavy atom. The Morgan fingerprint density at radius 3 is 2.79 bits per heavy atom. The van der Waals surface area contributed by atoms with Crippen LogP contribution < -0.4 is 4.74 Å².